The molecule has 0 aromatic carbocycles. The summed E-state index contributed by atoms with van der Waals surface area (Å²) in [5.41, 5.74) is 4.94. The lowest BCUT2D eigenvalue weighted by atomic mass is 10.0. The van der Waals surface area contributed by atoms with Crippen molar-refractivity contribution in [2.24, 2.45) is 5.84 Å². The molecule has 3 nitrogen and oxygen atoms in total. The molecular formula is C10H15N3. The highest BCUT2D eigenvalue weighted by atomic mass is 15.2. The smallest absolute Gasteiger partial charge is 0.0512 e. The Labute approximate surface area is 78.6 Å². The van der Waals surface area contributed by atoms with E-state index in [4.69, 9.17) is 5.84 Å². The Morgan fingerprint density at radius 3 is 3.00 bits per heavy atom. The minimum atomic E-state index is 0.117. The van der Waals surface area contributed by atoms with Gasteiger partial charge in [0.25, 0.3) is 0 Å². The second kappa shape index (κ2) is 4.74. The topological polar surface area (TPSA) is 50.9 Å². The third-order valence-electron chi connectivity index (χ3n) is 1.84. The zero-order valence-electron chi connectivity index (χ0n) is 7.83. The maximum Gasteiger partial charge on any atom is 0.0512 e. The van der Waals surface area contributed by atoms with Crippen LogP contribution in [0.5, 0.6) is 0 Å². The normalized spacial score (nSPS) is 12.5. The minimum absolute atomic E-state index is 0.117. The van der Waals surface area contributed by atoms with Crippen LogP contribution < -0.4 is 11.3 Å². The molecule has 13 heavy (non-hydrogen) atoms. The highest BCUT2D eigenvalue weighted by Gasteiger charge is 2.08. The van der Waals surface area contributed by atoms with Gasteiger partial charge in [-0.1, -0.05) is 11.6 Å². The van der Waals surface area contributed by atoms with E-state index in [1.165, 1.54) is 0 Å². The van der Waals surface area contributed by atoms with Crippen LogP contribution in [0.2, 0.25) is 0 Å². The number of nitrogens with one attached hydrogen (secondary N) is 1. The summed E-state index contributed by atoms with van der Waals surface area (Å²) in [6, 6.07) is 4.02. The SMILES string of the molecule is C=C(C)CC(NN)c1cccnc1. The summed E-state index contributed by atoms with van der Waals surface area (Å²) in [6.45, 7) is 5.84. The van der Waals surface area contributed by atoms with Gasteiger partial charge in [-0.25, -0.2) is 0 Å². The Bertz CT molecular complexity index is 269. The van der Waals surface area contributed by atoms with E-state index in [0.29, 0.717) is 0 Å². The van der Waals surface area contributed by atoms with Crippen molar-refractivity contribution in [2.45, 2.75) is 19.4 Å². The van der Waals surface area contributed by atoms with Gasteiger partial charge in [0.2, 0.25) is 0 Å². The average Bonchev–Trinajstić information content (AvgIpc) is 2.15. The number of nitrogens with zero attached hydrogens (tertiary/aromatic N) is 1. The summed E-state index contributed by atoms with van der Waals surface area (Å²) in [5, 5.41) is 0. The zero-order chi connectivity index (χ0) is 9.68. The first-order valence-corrected chi connectivity index (χ1v) is 4.24. The molecule has 3 heteroatoms. The van der Waals surface area contributed by atoms with Gasteiger partial charge in [-0.3, -0.25) is 16.3 Å². The van der Waals surface area contributed by atoms with Crippen molar-refractivity contribution < 1.29 is 0 Å². The Kier molecular flexibility index (Phi) is 3.61. The van der Waals surface area contributed by atoms with Crippen molar-refractivity contribution in [1.82, 2.24) is 10.4 Å². The van der Waals surface area contributed by atoms with E-state index < -0.39 is 0 Å². The summed E-state index contributed by atoms with van der Waals surface area (Å²) in [7, 11) is 0. The first-order chi connectivity index (χ1) is 6.24. The highest BCUT2D eigenvalue weighted by molar-refractivity contribution is 5.15. The Morgan fingerprint density at radius 1 is 1.77 bits per heavy atom. The first-order valence-electron chi connectivity index (χ1n) is 4.24. The molecule has 0 fully saturated rings. The molecule has 0 spiro atoms. The number of hydrazine groups is 1. The molecule has 0 radical (unpaired) electrons. The number of rotatable bonds is 4. The molecule has 0 aliphatic heterocycles. The molecule has 1 aromatic rings. The molecule has 0 aliphatic rings. The van der Waals surface area contributed by atoms with Crippen LogP contribution in [-0.2, 0) is 0 Å². The minimum Gasteiger partial charge on any atom is -0.271 e. The molecular weight excluding hydrogens is 162 g/mol. The van der Waals surface area contributed by atoms with Crippen LogP contribution in [-0.4, -0.2) is 4.98 Å². The zero-order valence-corrected chi connectivity index (χ0v) is 7.83. The molecule has 3 N–H and O–H groups in total. The lowest BCUT2D eigenvalue weighted by Crippen LogP contribution is -2.28. The van der Waals surface area contributed by atoms with Crippen molar-refractivity contribution in [3.63, 3.8) is 0 Å². The fourth-order valence-electron chi connectivity index (χ4n) is 1.20. The summed E-state index contributed by atoms with van der Waals surface area (Å²) in [5.74, 6) is 5.43. The van der Waals surface area contributed by atoms with E-state index in [0.717, 1.165) is 17.6 Å². The molecule has 0 amide bonds. The van der Waals surface area contributed by atoms with Crippen molar-refractivity contribution in [2.75, 3.05) is 0 Å². The summed E-state index contributed by atoms with van der Waals surface area (Å²) in [6.07, 6.45) is 4.40. The van der Waals surface area contributed by atoms with Crippen LogP contribution in [0.1, 0.15) is 24.9 Å². The monoisotopic (exact) mass is 177 g/mol. The number of nitrogens with two attached hydrogens (primary N) is 1. The Morgan fingerprint density at radius 2 is 2.54 bits per heavy atom. The molecule has 0 saturated heterocycles. The van der Waals surface area contributed by atoms with Gasteiger partial charge in [-0.15, -0.1) is 6.58 Å². The predicted octanol–water partition coefficient (Wildman–Crippen LogP) is 1.55. The van der Waals surface area contributed by atoms with E-state index in [1.54, 1.807) is 6.20 Å². The second-order valence-electron chi connectivity index (χ2n) is 3.17. The van der Waals surface area contributed by atoms with Gasteiger partial charge in [0, 0.05) is 12.4 Å². The quantitative estimate of drug-likeness (QED) is 0.417. The van der Waals surface area contributed by atoms with E-state index >= 15 is 0 Å². The number of hydrogen-bond donors (Lipinski definition) is 2. The Balaban J connectivity index is 2.73. The van der Waals surface area contributed by atoms with Crippen LogP contribution >= 0.6 is 0 Å². The molecule has 1 unspecified atom stereocenters. The maximum absolute atomic E-state index is 5.43. The molecule has 0 bridgehead atoms. The van der Waals surface area contributed by atoms with Gasteiger partial charge in [-0.05, 0) is 25.0 Å². The molecule has 70 valence electrons. The highest BCUT2D eigenvalue weighted by Crippen LogP contribution is 2.17. The lowest BCUT2D eigenvalue weighted by molar-refractivity contribution is 0.548. The standard InChI is InChI=1S/C10H15N3/c1-8(2)6-10(13-11)9-4-3-5-12-7-9/h3-5,7,10,13H,1,6,11H2,2H3. The Hall–Kier alpha value is -1.19. The molecule has 0 aliphatic carbocycles. The molecule has 1 aromatic heterocycles. The van der Waals surface area contributed by atoms with Crippen molar-refractivity contribution >= 4 is 0 Å². The van der Waals surface area contributed by atoms with Crippen LogP contribution in [0.25, 0.3) is 0 Å². The first kappa shape index (κ1) is 9.89. The van der Waals surface area contributed by atoms with Gasteiger partial charge in [0.15, 0.2) is 0 Å². The largest absolute Gasteiger partial charge is 0.271 e. The van der Waals surface area contributed by atoms with E-state index in [1.807, 2.05) is 25.3 Å². The van der Waals surface area contributed by atoms with Gasteiger partial charge < -0.3 is 0 Å². The number of pyridine rings is 1. The summed E-state index contributed by atoms with van der Waals surface area (Å²) < 4.78 is 0. The number of aromatic nitrogens is 1. The average molecular weight is 177 g/mol. The van der Waals surface area contributed by atoms with E-state index in [-0.39, 0.29) is 6.04 Å². The van der Waals surface area contributed by atoms with Crippen LogP contribution in [0.15, 0.2) is 36.7 Å². The summed E-state index contributed by atoms with van der Waals surface area (Å²) in [4.78, 5) is 4.04. The van der Waals surface area contributed by atoms with Gasteiger partial charge in [0.05, 0.1) is 6.04 Å². The van der Waals surface area contributed by atoms with Crippen LogP contribution in [0, 0.1) is 0 Å². The van der Waals surface area contributed by atoms with Crippen molar-refractivity contribution in [3.8, 4) is 0 Å². The predicted molar refractivity (Wildman–Crippen MR) is 53.7 cm³/mol. The second-order valence-corrected chi connectivity index (χ2v) is 3.17. The molecule has 1 atom stereocenters. The molecule has 0 saturated carbocycles. The fourth-order valence-corrected chi connectivity index (χ4v) is 1.20. The number of hydrogen-bond acceptors (Lipinski definition) is 3. The molecule has 1 heterocycles. The third kappa shape index (κ3) is 2.97. The summed E-state index contributed by atoms with van der Waals surface area (Å²) >= 11 is 0. The van der Waals surface area contributed by atoms with Crippen molar-refractivity contribution in [3.05, 3.63) is 42.2 Å². The van der Waals surface area contributed by atoms with Crippen molar-refractivity contribution in [1.29, 1.82) is 0 Å². The van der Waals surface area contributed by atoms with Crippen LogP contribution in [0.3, 0.4) is 0 Å². The van der Waals surface area contributed by atoms with Gasteiger partial charge in [-0.2, -0.15) is 0 Å². The maximum atomic E-state index is 5.43. The van der Waals surface area contributed by atoms with E-state index in [2.05, 4.69) is 17.0 Å². The lowest BCUT2D eigenvalue weighted by Gasteiger charge is -2.15. The fraction of sp³-hybridized carbons (Fsp3) is 0.300. The molecule has 1 rings (SSSR count). The van der Waals surface area contributed by atoms with E-state index in [9.17, 15) is 0 Å². The van der Waals surface area contributed by atoms with Gasteiger partial charge in [0.1, 0.15) is 0 Å². The van der Waals surface area contributed by atoms with Gasteiger partial charge >= 0.3 is 0 Å². The third-order valence-corrected chi connectivity index (χ3v) is 1.84. The van der Waals surface area contributed by atoms with Crippen LogP contribution in [0.4, 0.5) is 0 Å².